The summed E-state index contributed by atoms with van der Waals surface area (Å²) < 4.78 is 5.15. The van der Waals surface area contributed by atoms with E-state index in [-0.39, 0.29) is 5.78 Å². The highest BCUT2D eigenvalue weighted by Gasteiger charge is 2.01. The number of carbonyl (C=O) groups excluding carboxylic acids is 1. The maximum atomic E-state index is 12.0. The van der Waals surface area contributed by atoms with Crippen LogP contribution in [0, 0.1) is 0 Å². The number of rotatable bonds is 5. The Balaban J connectivity index is 2.11. The average molecular weight is 284 g/mol. The normalized spacial score (nSPS) is 10.7. The van der Waals surface area contributed by atoms with E-state index >= 15 is 0 Å². The number of thioether (sulfide) groups is 1. The van der Waals surface area contributed by atoms with E-state index in [1.165, 1.54) is 0 Å². The van der Waals surface area contributed by atoms with E-state index in [2.05, 4.69) is 0 Å². The highest BCUT2D eigenvalue weighted by atomic mass is 32.2. The molecule has 0 saturated heterocycles. The van der Waals surface area contributed by atoms with Crippen LogP contribution in [0.4, 0.5) is 0 Å². The molecule has 20 heavy (non-hydrogen) atoms. The fraction of sp³-hybridized carbons (Fsp3) is 0.118. The standard InChI is InChI=1S/C17H16O2S/c1-19-15-5-3-4-13(12-15)6-11-17(18)14-7-9-16(20-2)10-8-14/h3-12H,1-2H3. The molecule has 0 amide bonds. The summed E-state index contributed by atoms with van der Waals surface area (Å²) in [7, 11) is 1.63. The fourth-order valence-electron chi connectivity index (χ4n) is 1.77. The molecular weight excluding hydrogens is 268 g/mol. The van der Waals surface area contributed by atoms with Crippen LogP contribution < -0.4 is 4.74 Å². The van der Waals surface area contributed by atoms with E-state index in [4.69, 9.17) is 4.74 Å². The molecule has 0 aliphatic carbocycles. The number of carbonyl (C=O) groups is 1. The molecule has 0 atom stereocenters. The first-order valence-corrected chi connectivity index (χ1v) is 7.46. The summed E-state index contributed by atoms with van der Waals surface area (Å²) in [6, 6.07) is 15.2. The number of hydrogen-bond acceptors (Lipinski definition) is 3. The van der Waals surface area contributed by atoms with Crippen molar-refractivity contribution in [2.24, 2.45) is 0 Å². The first kappa shape index (κ1) is 14.4. The third-order valence-corrected chi connectivity index (χ3v) is 3.64. The van der Waals surface area contributed by atoms with Crippen LogP contribution in [0.1, 0.15) is 15.9 Å². The molecular formula is C17H16O2S. The van der Waals surface area contributed by atoms with E-state index in [1.807, 2.05) is 54.8 Å². The van der Waals surface area contributed by atoms with Crippen LogP contribution in [0.3, 0.4) is 0 Å². The minimum Gasteiger partial charge on any atom is -0.497 e. The lowest BCUT2D eigenvalue weighted by Gasteiger charge is -2.00. The Morgan fingerprint density at radius 1 is 1.15 bits per heavy atom. The number of benzene rings is 2. The van der Waals surface area contributed by atoms with Crippen LogP contribution in [-0.4, -0.2) is 19.1 Å². The topological polar surface area (TPSA) is 26.3 Å². The van der Waals surface area contributed by atoms with Crippen molar-refractivity contribution < 1.29 is 9.53 Å². The number of ether oxygens (including phenoxy) is 1. The summed E-state index contributed by atoms with van der Waals surface area (Å²) in [5.74, 6) is 0.782. The smallest absolute Gasteiger partial charge is 0.185 e. The highest BCUT2D eigenvalue weighted by Crippen LogP contribution is 2.16. The van der Waals surface area contributed by atoms with Crippen molar-refractivity contribution >= 4 is 23.6 Å². The maximum absolute atomic E-state index is 12.0. The minimum atomic E-state index is 0.000438. The predicted octanol–water partition coefficient (Wildman–Crippen LogP) is 4.31. The summed E-state index contributed by atoms with van der Waals surface area (Å²) >= 11 is 1.66. The third kappa shape index (κ3) is 3.75. The summed E-state index contributed by atoms with van der Waals surface area (Å²) in [6.07, 6.45) is 5.40. The number of ketones is 1. The lowest BCUT2D eigenvalue weighted by molar-refractivity contribution is 0.104. The van der Waals surface area contributed by atoms with Gasteiger partial charge in [0, 0.05) is 10.5 Å². The van der Waals surface area contributed by atoms with Crippen LogP contribution in [0.2, 0.25) is 0 Å². The van der Waals surface area contributed by atoms with Crippen LogP contribution in [0.15, 0.2) is 59.5 Å². The molecule has 0 N–H and O–H groups in total. The van der Waals surface area contributed by atoms with Gasteiger partial charge >= 0.3 is 0 Å². The van der Waals surface area contributed by atoms with Crippen LogP contribution >= 0.6 is 11.8 Å². The van der Waals surface area contributed by atoms with Gasteiger partial charge in [-0.1, -0.05) is 18.2 Å². The van der Waals surface area contributed by atoms with Crippen molar-refractivity contribution in [2.75, 3.05) is 13.4 Å². The van der Waals surface area contributed by atoms with Gasteiger partial charge in [-0.2, -0.15) is 0 Å². The SMILES string of the molecule is COc1cccc(C=CC(=O)c2ccc(SC)cc2)c1. The largest absolute Gasteiger partial charge is 0.497 e. The second-order valence-corrected chi connectivity index (χ2v) is 5.08. The second kappa shape index (κ2) is 6.96. The predicted molar refractivity (Wildman–Crippen MR) is 84.6 cm³/mol. The first-order chi connectivity index (χ1) is 9.72. The van der Waals surface area contributed by atoms with Crippen molar-refractivity contribution in [1.29, 1.82) is 0 Å². The summed E-state index contributed by atoms with van der Waals surface area (Å²) in [5.41, 5.74) is 1.64. The molecule has 102 valence electrons. The van der Waals surface area contributed by atoms with E-state index in [9.17, 15) is 4.79 Å². The molecule has 0 saturated carbocycles. The quantitative estimate of drug-likeness (QED) is 0.465. The van der Waals surface area contributed by atoms with Crippen molar-refractivity contribution in [3.63, 3.8) is 0 Å². The Bertz CT molecular complexity index is 615. The van der Waals surface area contributed by atoms with Gasteiger partial charge in [0.25, 0.3) is 0 Å². The van der Waals surface area contributed by atoms with Crippen LogP contribution in [0.5, 0.6) is 5.75 Å². The van der Waals surface area contributed by atoms with Gasteiger partial charge in [0.1, 0.15) is 5.75 Å². The second-order valence-electron chi connectivity index (χ2n) is 4.20. The highest BCUT2D eigenvalue weighted by molar-refractivity contribution is 7.98. The van der Waals surface area contributed by atoms with Crippen molar-refractivity contribution in [3.05, 3.63) is 65.7 Å². The zero-order valence-corrected chi connectivity index (χ0v) is 12.3. The van der Waals surface area contributed by atoms with Gasteiger partial charge < -0.3 is 4.74 Å². The van der Waals surface area contributed by atoms with Crippen LogP contribution in [0.25, 0.3) is 6.08 Å². The molecule has 0 spiro atoms. The molecule has 0 fully saturated rings. The third-order valence-electron chi connectivity index (χ3n) is 2.90. The molecule has 0 unspecified atom stereocenters. The summed E-state index contributed by atoms with van der Waals surface area (Å²) in [5, 5.41) is 0. The molecule has 0 radical (unpaired) electrons. The zero-order chi connectivity index (χ0) is 14.4. The minimum absolute atomic E-state index is 0.000438. The molecule has 0 aromatic heterocycles. The number of methoxy groups -OCH3 is 1. The summed E-state index contributed by atoms with van der Waals surface area (Å²) in [6.45, 7) is 0. The number of hydrogen-bond donors (Lipinski definition) is 0. The average Bonchev–Trinajstić information content (AvgIpc) is 2.53. The van der Waals surface area contributed by atoms with E-state index in [0.29, 0.717) is 5.56 Å². The molecule has 2 rings (SSSR count). The molecule has 0 heterocycles. The molecule has 3 heteroatoms. The zero-order valence-electron chi connectivity index (χ0n) is 11.5. The van der Waals surface area contributed by atoms with Gasteiger partial charge in [-0.3, -0.25) is 4.79 Å². The van der Waals surface area contributed by atoms with Crippen molar-refractivity contribution in [2.45, 2.75) is 4.90 Å². The molecule has 0 bridgehead atoms. The van der Waals surface area contributed by atoms with Gasteiger partial charge in [-0.15, -0.1) is 11.8 Å². The lowest BCUT2D eigenvalue weighted by Crippen LogP contribution is -1.93. The Kier molecular flexibility index (Phi) is 5.02. The van der Waals surface area contributed by atoms with E-state index in [0.717, 1.165) is 16.2 Å². The van der Waals surface area contributed by atoms with Crippen LogP contribution in [-0.2, 0) is 0 Å². The molecule has 2 nitrogen and oxygen atoms in total. The number of allylic oxidation sites excluding steroid dienone is 1. The van der Waals surface area contributed by atoms with Gasteiger partial charge in [-0.25, -0.2) is 0 Å². The lowest BCUT2D eigenvalue weighted by atomic mass is 10.1. The van der Waals surface area contributed by atoms with Gasteiger partial charge in [-0.05, 0) is 54.3 Å². The molecule has 2 aromatic rings. The van der Waals surface area contributed by atoms with Crippen molar-refractivity contribution in [3.8, 4) is 5.75 Å². The fourth-order valence-corrected chi connectivity index (χ4v) is 2.18. The Labute approximate surface area is 123 Å². The monoisotopic (exact) mass is 284 g/mol. The maximum Gasteiger partial charge on any atom is 0.185 e. The Hall–Kier alpha value is -2.00. The Morgan fingerprint density at radius 2 is 1.90 bits per heavy atom. The van der Waals surface area contributed by atoms with Gasteiger partial charge in [0.05, 0.1) is 7.11 Å². The van der Waals surface area contributed by atoms with E-state index < -0.39 is 0 Å². The van der Waals surface area contributed by atoms with E-state index in [1.54, 1.807) is 31.0 Å². The first-order valence-electron chi connectivity index (χ1n) is 6.23. The molecule has 0 aliphatic rings. The Morgan fingerprint density at radius 3 is 2.55 bits per heavy atom. The van der Waals surface area contributed by atoms with Gasteiger partial charge in [0.15, 0.2) is 5.78 Å². The molecule has 0 aliphatic heterocycles. The van der Waals surface area contributed by atoms with Crippen molar-refractivity contribution in [1.82, 2.24) is 0 Å². The van der Waals surface area contributed by atoms with Gasteiger partial charge in [0.2, 0.25) is 0 Å². The summed E-state index contributed by atoms with van der Waals surface area (Å²) in [4.78, 5) is 13.2. The molecule has 2 aromatic carbocycles.